The Bertz CT molecular complexity index is 381. The number of nitrogens with one attached hydrogen (secondary N) is 1. The zero-order valence-corrected chi connectivity index (χ0v) is 12.2. The second kappa shape index (κ2) is 4.39. The Hall–Kier alpha value is -0.730. The van der Waals surface area contributed by atoms with Crippen molar-refractivity contribution in [2.45, 2.75) is 57.9 Å². The number of rotatable bonds is 3. The van der Waals surface area contributed by atoms with Crippen molar-refractivity contribution in [1.82, 2.24) is 10.2 Å². The first-order valence-electron chi connectivity index (χ1n) is 8.32. The smallest absolute Gasteiger partial charge is 0.194 e. The highest BCUT2D eigenvalue weighted by molar-refractivity contribution is 5.82. The molecule has 2 heterocycles. The molecule has 0 amide bonds. The van der Waals surface area contributed by atoms with E-state index in [0.717, 1.165) is 18.4 Å². The highest BCUT2D eigenvalue weighted by atomic mass is 15.4. The van der Waals surface area contributed by atoms with Crippen molar-refractivity contribution in [3.8, 4) is 0 Å². The van der Waals surface area contributed by atoms with Crippen LogP contribution >= 0.6 is 0 Å². The number of guanidine groups is 1. The normalized spacial score (nSPS) is 36.5. The molecule has 3 nitrogen and oxygen atoms in total. The molecule has 2 unspecified atom stereocenters. The molecule has 0 radical (unpaired) electrons. The molecule has 0 aromatic rings. The van der Waals surface area contributed by atoms with E-state index in [1.54, 1.807) is 0 Å². The van der Waals surface area contributed by atoms with Crippen LogP contribution in [0.3, 0.4) is 0 Å². The predicted octanol–water partition coefficient (Wildman–Crippen LogP) is 2.63. The quantitative estimate of drug-likeness (QED) is 0.845. The number of nitrogens with zero attached hydrogens (tertiary/aromatic N) is 2. The van der Waals surface area contributed by atoms with E-state index >= 15 is 0 Å². The Kier molecular flexibility index (Phi) is 2.78. The third-order valence-electron chi connectivity index (χ3n) is 6.06. The summed E-state index contributed by atoms with van der Waals surface area (Å²) in [5, 5.41) is 3.74. The maximum atomic E-state index is 4.79. The summed E-state index contributed by atoms with van der Waals surface area (Å²) in [6.45, 7) is 5.82. The van der Waals surface area contributed by atoms with Gasteiger partial charge in [-0.2, -0.15) is 0 Å². The van der Waals surface area contributed by atoms with E-state index in [9.17, 15) is 0 Å². The van der Waals surface area contributed by atoms with Crippen LogP contribution in [0.25, 0.3) is 0 Å². The summed E-state index contributed by atoms with van der Waals surface area (Å²) in [7, 11) is 0. The average Bonchev–Trinajstić information content (AvgIpc) is 3.11. The van der Waals surface area contributed by atoms with Crippen molar-refractivity contribution in [2.75, 3.05) is 19.6 Å². The Balaban J connectivity index is 1.37. The Morgan fingerprint density at radius 3 is 2.79 bits per heavy atom. The number of fused-ring (bicyclic) bond motifs is 1. The van der Waals surface area contributed by atoms with Crippen LogP contribution in [-0.2, 0) is 0 Å². The molecular weight excluding hydrogens is 234 g/mol. The number of hydrogen-bond acceptors (Lipinski definition) is 3. The summed E-state index contributed by atoms with van der Waals surface area (Å²) in [6, 6.07) is 0.706. The van der Waals surface area contributed by atoms with Gasteiger partial charge in [0.2, 0.25) is 0 Å². The van der Waals surface area contributed by atoms with Crippen molar-refractivity contribution in [2.24, 2.45) is 22.2 Å². The van der Waals surface area contributed by atoms with Gasteiger partial charge in [0.25, 0.3) is 0 Å². The van der Waals surface area contributed by atoms with Crippen LogP contribution < -0.4 is 5.32 Å². The molecule has 2 atom stereocenters. The molecule has 1 saturated heterocycles. The second-order valence-electron chi connectivity index (χ2n) is 7.50. The topological polar surface area (TPSA) is 27.6 Å². The lowest BCUT2D eigenvalue weighted by atomic mass is 9.65. The minimum absolute atomic E-state index is 0.655. The molecule has 4 rings (SSSR count). The highest BCUT2D eigenvalue weighted by Gasteiger charge is 2.49. The Labute approximate surface area is 116 Å². The fourth-order valence-electron chi connectivity index (χ4n) is 4.41. The van der Waals surface area contributed by atoms with E-state index in [2.05, 4.69) is 17.1 Å². The maximum absolute atomic E-state index is 4.79. The second-order valence-corrected chi connectivity index (χ2v) is 7.50. The van der Waals surface area contributed by atoms with Gasteiger partial charge in [0.15, 0.2) is 5.96 Å². The van der Waals surface area contributed by atoms with Crippen molar-refractivity contribution in [3.63, 3.8) is 0 Å². The number of piperidine rings is 1. The molecule has 0 spiro atoms. The lowest BCUT2D eigenvalue weighted by Gasteiger charge is -2.44. The molecule has 0 bridgehead atoms. The van der Waals surface area contributed by atoms with Gasteiger partial charge in [-0.05, 0) is 55.8 Å². The molecule has 2 aliphatic heterocycles. The van der Waals surface area contributed by atoms with Gasteiger partial charge in [0.05, 0.1) is 12.6 Å². The van der Waals surface area contributed by atoms with Gasteiger partial charge >= 0.3 is 0 Å². The van der Waals surface area contributed by atoms with E-state index in [1.165, 1.54) is 64.0 Å². The molecule has 19 heavy (non-hydrogen) atoms. The van der Waals surface area contributed by atoms with Gasteiger partial charge in [-0.25, -0.2) is 0 Å². The lowest BCUT2D eigenvalue weighted by molar-refractivity contribution is 0.103. The highest BCUT2D eigenvalue weighted by Crippen LogP contribution is 2.56. The van der Waals surface area contributed by atoms with Crippen LogP contribution in [0.2, 0.25) is 0 Å². The predicted molar refractivity (Wildman–Crippen MR) is 78.2 cm³/mol. The summed E-state index contributed by atoms with van der Waals surface area (Å²) in [4.78, 5) is 7.35. The molecular formula is C16H27N3. The van der Waals surface area contributed by atoms with E-state index in [-0.39, 0.29) is 0 Å². The maximum Gasteiger partial charge on any atom is 0.194 e. The summed E-state index contributed by atoms with van der Waals surface area (Å²) in [5.41, 5.74) is 0.655. The summed E-state index contributed by atoms with van der Waals surface area (Å²) >= 11 is 0. The summed E-state index contributed by atoms with van der Waals surface area (Å²) < 4.78 is 0. The van der Waals surface area contributed by atoms with Gasteiger partial charge in [-0.15, -0.1) is 0 Å². The standard InChI is InChI=1S/C16H27N3/c1-12-3-6-14-9-17-15(19(14)10-12)18-11-16(7-2-8-16)13-4-5-13/h12-14H,2-11H2,1H3,(H,17,18). The average molecular weight is 261 g/mol. The molecule has 3 heteroatoms. The van der Waals surface area contributed by atoms with Gasteiger partial charge < -0.3 is 10.2 Å². The molecule has 4 aliphatic rings. The Morgan fingerprint density at radius 1 is 1.26 bits per heavy atom. The van der Waals surface area contributed by atoms with Crippen LogP contribution in [0.1, 0.15) is 51.9 Å². The van der Waals surface area contributed by atoms with Crippen LogP contribution in [0, 0.1) is 17.3 Å². The van der Waals surface area contributed by atoms with Crippen LogP contribution in [0.5, 0.6) is 0 Å². The number of hydrogen-bond donors (Lipinski definition) is 1. The first-order chi connectivity index (χ1) is 9.27. The van der Waals surface area contributed by atoms with E-state index in [1.807, 2.05) is 0 Å². The zero-order valence-electron chi connectivity index (χ0n) is 12.2. The van der Waals surface area contributed by atoms with E-state index in [4.69, 9.17) is 4.99 Å². The minimum Gasteiger partial charge on any atom is -0.356 e. The summed E-state index contributed by atoms with van der Waals surface area (Å²) in [5.74, 6) is 3.10. The number of aliphatic imine (C=N–C) groups is 1. The van der Waals surface area contributed by atoms with Crippen molar-refractivity contribution in [1.29, 1.82) is 0 Å². The first kappa shape index (κ1) is 12.0. The summed E-state index contributed by atoms with van der Waals surface area (Å²) in [6.07, 6.45) is 10.1. The third kappa shape index (κ3) is 2.05. The molecule has 1 N–H and O–H groups in total. The largest absolute Gasteiger partial charge is 0.356 e. The van der Waals surface area contributed by atoms with Crippen molar-refractivity contribution < 1.29 is 0 Å². The van der Waals surface area contributed by atoms with Crippen LogP contribution in [-0.4, -0.2) is 36.5 Å². The molecule has 2 saturated carbocycles. The molecule has 0 aromatic heterocycles. The molecule has 0 aromatic carbocycles. The van der Waals surface area contributed by atoms with E-state index in [0.29, 0.717) is 11.5 Å². The van der Waals surface area contributed by atoms with Gasteiger partial charge in [0, 0.05) is 13.1 Å². The first-order valence-corrected chi connectivity index (χ1v) is 8.32. The van der Waals surface area contributed by atoms with Gasteiger partial charge in [0.1, 0.15) is 0 Å². The Morgan fingerprint density at radius 2 is 2.11 bits per heavy atom. The van der Waals surface area contributed by atoms with Gasteiger partial charge in [-0.1, -0.05) is 13.3 Å². The molecule has 2 aliphatic carbocycles. The fourth-order valence-corrected chi connectivity index (χ4v) is 4.41. The van der Waals surface area contributed by atoms with Crippen LogP contribution in [0.4, 0.5) is 0 Å². The molecule has 3 fully saturated rings. The third-order valence-corrected chi connectivity index (χ3v) is 6.06. The van der Waals surface area contributed by atoms with Gasteiger partial charge in [-0.3, -0.25) is 4.99 Å². The van der Waals surface area contributed by atoms with E-state index < -0.39 is 0 Å². The van der Waals surface area contributed by atoms with Crippen molar-refractivity contribution >= 4 is 5.96 Å². The SMILES string of the molecule is CC1CCC2CN=C(NCC3(C4CC4)CCC3)N2C1. The lowest BCUT2D eigenvalue weighted by Crippen LogP contribution is -2.51. The minimum atomic E-state index is 0.655. The zero-order chi connectivity index (χ0) is 12.9. The fraction of sp³-hybridized carbons (Fsp3) is 0.938. The van der Waals surface area contributed by atoms with Crippen LogP contribution in [0.15, 0.2) is 4.99 Å². The monoisotopic (exact) mass is 261 g/mol. The molecule has 106 valence electrons. The van der Waals surface area contributed by atoms with Crippen molar-refractivity contribution in [3.05, 3.63) is 0 Å².